The van der Waals surface area contributed by atoms with E-state index in [4.69, 9.17) is 15.5 Å². The van der Waals surface area contributed by atoms with Gasteiger partial charge in [0.05, 0.1) is 17.7 Å². The number of benzene rings is 1. The van der Waals surface area contributed by atoms with Gasteiger partial charge in [-0.05, 0) is 31.3 Å². The molecule has 1 unspecified atom stereocenters. The van der Waals surface area contributed by atoms with E-state index in [1.807, 2.05) is 6.07 Å². The molecule has 0 fully saturated rings. The molecule has 0 aliphatic carbocycles. The van der Waals surface area contributed by atoms with Gasteiger partial charge in [-0.25, -0.2) is 0 Å². The molecular formula is C15H19N5O. The van der Waals surface area contributed by atoms with Crippen molar-refractivity contribution in [1.82, 2.24) is 15.0 Å². The van der Waals surface area contributed by atoms with Crippen molar-refractivity contribution in [2.45, 2.75) is 19.9 Å². The normalized spacial score (nSPS) is 12.3. The van der Waals surface area contributed by atoms with E-state index in [2.05, 4.69) is 35.0 Å². The zero-order chi connectivity index (χ0) is 15.2. The number of nitriles is 1. The van der Waals surface area contributed by atoms with Crippen LogP contribution in [0.4, 0.5) is 0 Å². The number of rotatable bonds is 6. The summed E-state index contributed by atoms with van der Waals surface area (Å²) in [5.74, 6) is 0.872. The molecule has 0 aliphatic rings. The van der Waals surface area contributed by atoms with Crippen molar-refractivity contribution in [2.75, 3.05) is 19.6 Å². The molecule has 1 atom stereocenters. The highest BCUT2D eigenvalue weighted by Gasteiger charge is 2.17. The zero-order valence-corrected chi connectivity index (χ0v) is 12.3. The Labute approximate surface area is 124 Å². The van der Waals surface area contributed by atoms with E-state index >= 15 is 0 Å². The summed E-state index contributed by atoms with van der Waals surface area (Å²) in [5, 5.41) is 12.9. The molecule has 0 radical (unpaired) electrons. The lowest BCUT2D eigenvalue weighted by Crippen LogP contribution is -2.32. The first-order valence-electron chi connectivity index (χ1n) is 7.00. The van der Waals surface area contributed by atoms with Gasteiger partial charge in [0.2, 0.25) is 0 Å². The molecule has 0 aliphatic heterocycles. The highest BCUT2D eigenvalue weighted by molar-refractivity contribution is 5.55. The molecule has 0 spiro atoms. The molecule has 0 saturated carbocycles. The molecule has 2 N–H and O–H groups in total. The third-order valence-corrected chi connectivity index (χ3v) is 3.36. The molecule has 2 rings (SSSR count). The first kappa shape index (κ1) is 15.2. The van der Waals surface area contributed by atoms with Gasteiger partial charge in [-0.3, -0.25) is 0 Å². The first-order chi connectivity index (χ1) is 10.2. The van der Waals surface area contributed by atoms with Gasteiger partial charge in [-0.2, -0.15) is 10.2 Å². The molecule has 0 amide bonds. The fourth-order valence-corrected chi connectivity index (χ4v) is 2.07. The molecule has 21 heavy (non-hydrogen) atoms. The van der Waals surface area contributed by atoms with Crippen LogP contribution in [-0.2, 0) is 0 Å². The number of nitrogens with zero attached hydrogens (tertiary/aromatic N) is 4. The van der Waals surface area contributed by atoms with Crippen molar-refractivity contribution in [1.29, 1.82) is 5.26 Å². The fourth-order valence-electron chi connectivity index (χ4n) is 2.07. The van der Waals surface area contributed by atoms with Crippen LogP contribution in [0.15, 0.2) is 28.8 Å². The van der Waals surface area contributed by atoms with E-state index in [0.717, 1.165) is 18.7 Å². The standard InChI is InChI=1S/C15H19N5O/c1-3-20(4-2)10-13(17)14-18-15(21-19-14)12-7-5-6-11(8-12)9-16/h5-8,13H,3-4,10,17H2,1-2H3. The Morgan fingerprint density at radius 2 is 2.14 bits per heavy atom. The van der Waals surface area contributed by atoms with Crippen LogP contribution in [0, 0.1) is 11.3 Å². The second-order valence-electron chi connectivity index (χ2n) is 4.74. The summed E-state index contributed by atoms with van der Waals surface area (Å²) in [6.45, 7) is 6.72. The molecule has 0 bridgehead atoms. The third-order valence-electron chi connectivity index (χ3n) is 3.36. The minimum absolute atomic E-state index is 0.290. The van der Waals surface area contributed by atoms with Crippen LogP contribution in [0.3, 0.4) is 0 Å². The molecule has 6 heteroatoms. The van der Waals surface area contributed by atoms with Gasteiger partial charge >= 0.3 is 0 Å². The Balaban J connectivity index is 2.15. The van der Waals surface area contributed by atoms with E-state index in [1.54, 1.807) is 18.2 Å². The van der Waals surface area contributed by atoms with Crippen LogP contribution in [0.1, 0.15) is 31.3 Å². The van der Waals surface area contributed by atoms with Crippen molar-refractivity contribution < 1.29 is 4.52 Å². The summed E-state index contributed by atoms with van der Waals surface area (Å²) >= 11 is 0. The minimum atomic E-state index is -0.290. The lowest BCUT2D eigenvalue weighted by Gasteiger charge is -2.20. The van der Waals surface area contributed by atoms with Crippen molar-refractivity contribution in [3.05, 3.63) is 35.7 Å². The maximum absolute atomic E-state index is 8.91. The Bertz CT molecular complexity index is 627. The van der Waals surface area contributed by atoms with Crippen LogP contribution in [-0.4, -0.2) is 34.7 Å². The highest BCUT2D eigenvalue weighted by atomic mass is 16.5. The Morgan fingerprint density at radius 3 is 2.81 bits per heavy atom. The van der Waals surface area contributed by atoms with Crippen LogP contribution in [0.2, 0.25) is 0 Å². The van der Waals surface area contributed by atoms with E-state index < -0.39 is 0 Å². The van der Waals surface area contributed by atoms with E-state index in [0.29, 0.717) is 23.8 Å². The third kappa shape index (κ3) is 3.66. The number of hydrogen-bond acceptors (Lipinski definition) is 6. The van der Waals surface area contributed by atoms with Crippen molar-refractivity contribution in [3.63, 3.8) is 0 Å². The number of hydrogen-bond donors (Lipinski definition) is 1. The van der Waals surface area contributed by atoms with Gasteiger partial charge < -0.3 is 15.2 Å². The largest absolute Gasteiger partial charge is 0.334 e. The molecule has 2 aromatic rings. The first-order valence-corrected chi connectivity index (χ1v) is 7.00. The summed E-state index contributed by atoms with van der Waals surface area (Å²) in [4.78, 5) is 6.54. The Kier molecular flexibility index (Phi) is 5.04. The molecule has 1 aromatic carbocycles. The molecule has 6 nitrogen and oxygen atoms in total. The molecule has 0 saturated heterocycles. The average molecular weight is 285 g/mol. The number of nitrogens with two attached hydrogens (primary N) is 1. The van der Waals surface area contributed by atoms with Crippen LogP contribution < -0.4 is 5.73 Å². The topological polar surface area (TPSA) is 92.0 Å². The van der Waals surface area contributed by atoms with Crippen molar-refractivity contribution in [3.8, 4) is 17.5 Å². The second kappa shape index (κ2) is 6.97. The summed E-state index contributed by atoms with van der Waals surface area (Å²) in [6.07, 6.45) is 0. The molecule has 110 valence electrons. The lowest BCUT2D eigenvalue weighted by molar-refractivity contribution is 0.278. The lowest BCUT2D eigenvalue weighted by atomic mass is 10.1. The predicted octanol–water partition coefficient (Wildman–Crippen LogP) is 1.95. The van der Waals surface area contributed by atoms with Crippen molar-refractivity contribution >= 4 is 0 Å². The Morgan fingerprint density at radius 1 is 1.38 bits per heavy atom. The Hall–Kier alpha value is -2.23. The molecule has 1 aromatic heterocycles. The summed E-state index contributed by atoms with van der Waals surface area (Å²) in [6, 6.07) is 8.85. The van der Waals surface area contributed by atoms with Crippen LogP contribution in [0.25, 0.3) is 11.5 Å². The van der Waals surface area contributed by atoms with E-state index in [-0.39, 0.29) is 6.04 Å². The van der Waals surface area contributed by atoms with Crippen molar-refractivity contribution in [2.24, 2.45) is 5.73 Å². The monoisotopic (exact) mass is 285 g/mol. The minimum Gasteiger partial charge on any atom is -0.334 e. The SMILES string of the molecule is CCN(CC)CC(N)c1noc(-c2cccc(C#N)c2)n1. The van der Waals surface area contributed by atoms with Gasteiger partial charge in [-0.15, -0.1) is 0 Å². The molecular weight excluding hydrogens is 266 g/mol. The summed E-state index contributed by atoms with van der Waals surface area (Å²) < 4.78 is 5.25. The van der Waals surface area contributed by atoms with Gasteiger partial charge in [0, 0.05) is 12.1 Å². The number of likely N-dealkylation sites (N-methyl/N-ethyl adjacent to an activating group) is 1. The van der Waals surface area contributed by atoms with Gasteiger partial charge in [0.25, 0.3) is 5.89 Å². The fraction of sp³-hybridized carbons (Fsp3) is 0.400. The summed E-state index contributed by atoms with van der Waals surface area (Å²) in [7, 11) is 0. The maximum atomic E-state index is 8.91. The maximum Gasteiger partial charge on any atom is 0.258 e. The zero-order valence-electron chi connectivity index (χ0n) is 12.3. The van der Waals surface area contributed by atoms with Crippen LogP contribution >= 0.6 is 0 Å². The second-order valence-corrected chi connectivity index (χ2v) is 4.74. The van der Waals surface area contributed by atoms with E-state index in [9.17, 15) is 0 Å². The van der Waals surface area contributed by atoms with E-state index in [1.165, 1.54) is 0 Å². The highest BCUT2D eigenvalue weighted by Crippen LogP contribution is 2.20. The van der Waals surface area contributed by atoms with Gasteiger partial charge in [0.1, 0.15) is 0 Å². The summed E-state index contributed by atoms with van der Waals surface area (Å²) in [5.41, 5.74) is 7.40. The predicted molar refractivity (Wildman–Crippen MR) is 79.2 cm³/mol. The van der Waals surface area contributed by atoms with Gasteiger partial charge in [-0.1, -0.05) is 25.1 Å². The van der Waals surface area contributed by atoms with Gasteiger partial charge in [0.15, 0.2) is 5.82 Å². The number of aromatic nitrogens is 2. The quantitative estimate of drug-likeness (QED) is 0.872. The average Bonchev–Trinajstić information content (AvgIpc) is 3.02. The molecule has 1 heterocycles. The van der Waals surface area contributed by atoms with Crippen LogP contribution in [0.5, 0.6) is 0 Å². The smallest absolute Gasteiger partial charge is 0.258 e.